The molecule has 0 saturated carbocycles. The minimum atomic E-state index is 0.402. The van der Waals surface area contributed by atoms with Crippen LogP contribution in [0.3, 0.4) is 0 Å². The summed E-state index contributed by atoms with van der Waals surface area (Å²) < 4.78 is 0. The molecule has 1 aromatic heterocycles. The molecule has 122 valence electrons. The van der Waals surface area contributed by atoms with Crippen LogP contribution in [0, 0.1) is 0 Å². The molecule has 0 spiro atoms. The average molecular weight is 338 g/mol. The van der Waals surface area contributed by atoms with Crippen LogP contribution in [0.25, 0.3) is 0 Å². The van der Waals surface area contributed by atoms with Crippen molar-refractivity contribution in [1.29, 1.82) is 0 Å². The maximum Gasteiger partial charge on any atom is 0.148 e. The molecular formula is C20H20ClN3. The number of rotatable bonds is 6. The molecule has 0 atom stereocenters. The van der Waals surface area contributed by atoms with Gasteiger partial charge in [0.05, 0.1) is 5.02 Å². The lowest BCUT2D eigenvalue weighted by molar-refractivity contribution is 0.781. The summed E-state index contributed by atoms with van der Waals surface area (Å²) in [6.45, 7) is 1.87. The molecule has 2 N–H and O–H groups in total. The van der Waals surface area contributed by atoms with E-state index < -0.39 is 0 Å². The van der Waals surface area contributed by atoms with Gasteiger partial charge in [0.1, 0.15) is 5.82 Å². The van der Waals surface area contributed by atoms with E-state index in [4.69, 9.17) is 17.3 Å². The van der Waals surface area contributed by atoms with Crippen molar-refractivity contribution in [1.82, 2.24) is 4.98 Å². The van der Waals surface area contributed by atoms with Gasteiger partial charge < -0.3 is 10.6 Å². The van der Waals surface area contributed by atoms with Crippen molar-refractivity contribution in [3.8, 4) is 0 Å². The van der Waals surface area contributed by atoms with Crippen LogP contribution in [0.5, 0.6) is 0 Å². The molecule has 0 aliphatic heterocycles. The number of anilines is 1. The Balaban J connectivity index is 1.95. The molecule has 0 fully saturated rings. The van der Waals surface area contributed by atoms with Crippen molar-refractivity contribution in [2.45, 2.75) is 19.6 Å². The molecule has 0 aliphatic rings. The van der Waals surface area contributed by atoms with Crippen LogP contribution in [-0.4, -0.2) is 4.98 Å². The Morgan fingerprint density at radius 1 is 0.833 bits per heavy atom. The first-order valence-corrected chi connectivity index (χ1v) is 8.32. The number of halogens is 1. The summed E-state index contributed by atoms with van der Waals surface area (Å²) in [6.07, 6.45) is 1.77. The van der Waals surface area contributed by atoms with Gasteiger partial charge in [0.25, 0.3) is 0 Å². The van der Waals surface area contributed by atoms with E-state index in [1.807, 2.05) is 42.5 Å². The Hall–Kier alpha value is -2.36. The summed E-state index contributed by atoms with van der Waals surface area (Å²) in [5.41, 5.74) is 9.13. The molecular weight excluding hydrogens is 318 g/mol. The summed E-state index contributed by atoms with van der Waals surface area (Å²) in [7, 11) is 0. The Morgan fingerprint density at radius 2 is 1.38 bits per heavy atom. The monoisotopic (exact) mass is 337 g/mol. The first-order valence-electron chi connectivity index (χ1n) is 7.94. The van der Waals surface area contributed by atoms with Crippen molar-refractivity contribution in [3.63, 3.8) is 0 Å². The molecule has 2 aromatic carbocycles. The average Bonchev–Trinajstić information content (AvgIpc) is 2.63. The fraction of sp³-hybridized carbons (Fsp3) is 0.150. The highest BCUT2D eigenvalue weighted by Gasteiger charge is 2.15. The minimum Gasteiger partial charge on any atom is -0.347 e. The molecule has 0 saturated heterocycles. The molecule has 0 unspecified atom stereocenters. The zero-order valence-electron chi connectivity index (χ0n) is 13.4. The molecule has 3 rings (SSSR count). The van der Waals surface area contributed by atoms with E-state index in [-0.39, 0.29) is 0 Å². The summed E-state index contributed by atoms with van der Waals surface area (Å²) in [5, 5.41) is 0.631. The molecule has 0 bridgehead atoms. The zero-order valence-corrected chi connectivity index (χ0v) is 14.2. The lowest BCUT2D eigenvalue weighted by Gasteiger charge is -2.25. The number of nitrogens with zero attached hydrogens (tertiary/aromatic N) is 2. The van der Waals surface area contributed by atoms with E-state index in [1.54, 1.807) is 6.20 Å². The second-order valence-electron chi connectivity index (χ2n) is 5.64. The van der Waals surface area contributed by atoms with Crippen LogP contribution in [0.15, 0.2) is 72.9 Å². The highest BCUT2D eigenvalue weighted by Crippen LogP contribution is 2.29. The van der Waals surface area contributed by atoms with Crippen LogP contribution >= 0.6 is 11.6 Å². The third kappa shape index (κ3) is 3.94. The largest absolute Gasteiger partial charge is 0.347 e. The van der Waals surface area contributed by atoms with Gasteiger partial charge in [-0.2, -0.15) is 0 Å². The number of nitrogens with two attached hydrogens (primary N) is 1. The molecule has 0 amide bonds. The quantitative estimate of drug-likeness (QED) is 0.725. The summed E-state index contributed by atoms with van der Waals surface area (Å²) >= 11 is 6.55. The number of hydrogen-bond acceptors (Lipinski definition) is 3. The lowest BCUT2D eigenvalue weighted by atomic mass is 10.1. The third-order valence-electron chi connectivity index (χ3n) is 3.90. The van der Waals surface area contributed by atoms with Gasteiger partial charge >= 0.3 is 0 Å². The van der Waals surface area contributed by atoms with E-state index in [0.29, 0.717) is 11.6 Å². The maximum absolute atomic E-state index is 6.55. The minimum absolute atomic E-state index is 0.402. The number of hydrogen-bond donors (Lipinski definition) is 1. The normalized spacial score (nSPS) is 10.6. The summed E-state index contributed by atoms with van der Waals surface area (Å²) in [4.78, 5) is 6.70. The van der Waals surface area contributed by atoms with Gasteiger partial charge in [-0.3, -0.25) is 0 Å². The Bertz CT molecular complexity index is 734. The zero-order chi connectivity index (χ0) is 16.8. The van der Waals surface area contributed by atoms with Crippen LogP contribution in [-0.2, 0) is 19.6 Å². The van der Waals surface area contributed by atoms with Crippen molar-refractivity contribution in [2.75, 3.05) is 4.90 Å². The van der Waals surface area contributed by atoms with E-state index >= 15 is 0 Å². The predicted molar refractivity (Wildman–Crippen MR) is 99.9 cm³/mol. The standard InChI is InChI=1S/C20H20ClN3/c21-19-18(13-22)11-12-23-20(19)24(14-16-7-3-1-4-8-16)15-17-9-5-2-6-10-17/h1-12H,13-15,22H2. The van der Waals surface area contributed by atoms with Crippen molar-refractivity contribution in [2.24, 2.45) is 5.73 Å². The van der Waals surface area contributed by atoms with Gasteiger partial charge in [0.2, 0.25) is 0 Å². The van der Waals surface area contributed by atoms with E-state index in [1.165, 1.54) is 11.1 Å². The SMILES string of the molecule is NCc1ccnc(N(Cc2ccccc2)Cc2ccccc2)c1Cl. The van der Waals surface area contributed by atoms with Gasteiger partial charge in [0, 0.05) is 25.8 Å². The maximum atomic E-state index is 6.55. The van der Waals surface area contributed by atoms with Gasteiger partial charge in [-0.25, -0.2) is 4.98 Å². The van der Waals surface area contributed by atoms with Crippen LogP contribution in [0.4, 0.5) is 5.82 Å². The fourth-order valence-electron chi connectivity index (χ4n) is 2.66. The Kier molecular flexibility index (Phi) is 5.47. The topological polar surface area (TPSA) is 42.1 Å². The first-order chi connectivity index (χ1) is 11.8. The van der Waals surface area contributed by atoms with Gasteiger partial charge in [-0.15, -0.1) is 0 Å². The highest BCUT2D eigenvalue weighted by molar-refractivity contribution is 6.33. The second kappa shape index (κ2) is 7.95. The van der Waals surface area contributed by atoms with E-state index in [0.717, 1.165) is 24.5 Å². The van der Waals surface area contributed by atoms with Crippen molar-refractivity contribution in [3.05, 3.63) is 94.6 Å². The number of benzene rings is 2. The summed E-state index contributed by atoms with van der Waals surface area (Å²) in [5.74, 6) is 0.771. The van der Waals surface area contributed by atoms with Gasteiger partial charge in [-0.05, 0) is 22.8 Å². The molecule has 24 heavy (non-hydrogen) atoms. The van der Waals surface area contributed by atoms with Crippen LogP contribution < -0.4 is 10.6 Å². The van der Waals surface area contributed by atoms with Gasteiger partial charge in [0.15, 0.2) is 0 Å². The summed E-state index contributed by atoms with van der Waals surface area (Å²) in [6, 6.07) is 22.5. The second-order valence-corrected chi connectivity index (χ2v) is 6.02. The molecule has 0 radical (unpaired) electrons. The Morgan fingerprint density at radius 3 is 1.88 bits per heavy atom. The molecule has 1 heterocycles. The molecule has 0 aliphatic carbocycles. The van der Waals surface area contributed by atoms with E-state index in [9.17, 15) is 0 Å². The van der Waals surface area contributed by atoms with Crippen LogP contribution in [0.1, 0.15) is 16.7 Å². The van der Waals surface area contributed by atoms with Crippen LogP contribution in [0.2, 0.25) is 5.02 Å². The Labute approximate surface area is 147 Å². The van der Waals surface area contributed by atoms with Gasteiger partial charge in [-0.1, -0.05) is 72.3 Å². The highest BCUT2D eigenvalue weighted by atomic mass is 35.5. The smallest absolute Gasteiger partial charge is 0.148 e. The van der Waals surface area contributed by atoms with Crippen molar-refractivity contribution >= 4 is 17.4 Å². The fourth-order valence-corrected chi connectivity index (χ4v) is 2.97. The lowest BCUT2D eigenvalue weighted by Crippen LogP contribution is -2.24. The first kappa shape index (κ1) is 16.5. The third-order valence-corrected chi connectivity index (χ3v) is 4.31. The van der Waals surface area contributed by atoms with E-state index in [2.05, 4.69) is 34.1 Å². The molecule has 3 aromatic rings. The number of aromatic nitrogens is 1. The predicted octanol–water partition coefficient (Wildman–Crippen LogP) is 4.40. The molecule has 4 heteroatoms. The van der Waals surface area contributed by atoms with Crippen molar-refractivity contribution < 1.29 is 0 Å². The molecule has 3 nitrogen and oxygen atoms in total. The number of pyridine rings is 1.